The number of rotatable bonds is 7. The van der Waals surface area contributed by atoms with E-state index in [1.807, 2.05) is 37.3 Å². The molecule has 130 valence electrons. The molecule has 0 saturated heterocycles. The van der Waals surface area contributed by atoms with Crippen LogP contribution in [0.3, 0.4) is 0 Å². The van der Waals surface area contributed by atoms with E-state index in [2.05, 4.69) is 32.3 Å². The number of guanidine groups is 1. The highest BCUT2D eigenvalue weighted by Gasteiger charge is 2.10. The molecule has 0 aliphatic rings. The van der Waals surface area contributed by atoms with Crippen LogP contribution in [0.1, 0.15) is 24.7 Å². The molecule has 0 atom stereocenters. The van der Waals surface area contributed by atoms with Gasteiger partial charge in [0.1, 0.15) is 12.2 Å². The normalized spacial score (nSPS) is 11.4. The van der Waals surface area contributed by atoms with E-state index >= 15 is 0 Å². The average Bonchev–Trinajstić information content (AvgIpc) is 2.99. The summed E-state index contributed by atoms with van der Waals surface area (Å²) in [4.78, 5) is 14.8. The zero-order valence-corrected chi connectivity index (χ0v) is 14.7. The lowest BCUT2D eigenvalue weighted by Gasteiger charge is -2.21. The Labute approximate surface area is 142 Å². The zero-order chi connectivity index (χ0) is 17.4. The molecule has 0 aliphatic heterocycles. The van der Waals surface area contributed by atoms with Crippen LogP contribution >= 0.6 is 0 Å². The molecule has 0 saturated carbocycles. The Morgan fingerprint density at radius 1 is 1.38 bits per heavy atom. The lowest BCUT2D eigenvalue weighted by Crippen LogP contribution is -2.38. The van der Waals surface area contributed by atoms with Crippen LogP contribution in [0.5, 0.6) is 5.88 Å². The van der Waals surface area contributed by atoms with Crippen molar-refractivity contribution in [3.05, 3.63) is 36.0 Å². The smallest absolute Gasteiger partial charge is 0.213 e. The predicted molar refractivity (Wildman–Crippen MR) is 92.7 cm³/mol. The minimum Gasteiger partial charge on any atom is -0.478 e. The molecule has 2 aromatic heterocycles. The maximum Gasteiger partial charge on any atom is 0.213 e. The fourth-order valence-corrected chi connectivity index (χ4v) is 2.12. The second-order valence-electron chi connectivity index (χ2n) is 5.41. The number of hydrogen-bond donors (Lipinski definition) is 1. The van der Waals surface area contributed by atoms with Gasteiger partial charge < -0.3 is 15.0 Å². The number of nitrogens with one attached hydrogen (secondary N) is 1. The zero-order valence-electron chi connectivity index (χ0n) is 14.7. The Kier molecular flexibility index (Phi) is 6.53. The van der Waals surface area contributed by atoms with Crippen LogP contribution in [0.4, 0.5) is 0 Å². The van der Waals surface area contributed by atoms with Gasteiger partial charge in [-0.1, -0.05) is 13.0 Å². The number of nitrogens with zero attached hydrogens (tertiary/aromatic N) is 6. The molecule has 0 spiro atoms. The molecule has 8 nitrogen and oxygen atoms in total. The molecule has 0 fully saturated rings. The van der Waals surface area contributed by atoms with Gasteiger partial charge in [0.25, 0.3) is 0 Å². The van der Waals surface area contributed by atoms with Crippen molar-refractivity contribution in [2.75, 3.05) is 20.7 Å². The third kappa shape index (κ3) is 4.94. The van der Waals surface area contributed by atoms with E-state index in [0.29, 0.717) is 25.6 Å². The first-order chi connectivity index (χ1) is 11.6. The van der Waals surface area contributed by atoms with Gasteiger partial charge in [-0.15, -0.1) is 0 Å². The van der Waals surface area contributed by atoms with Gasteiger partial charge in [-0.2, -0.15) is 5.10 Å². The van der Waals surface area contributed by atoms with Crippen LogP contribution in [-0.2, 0) is 20.1 Å². The summed E-state index contributed by atoms with van der Waals surface area (Å²) in [6.45, 7) is 4.01. The van der Waals surface area contributed by atoms with Crippen molar-refractivity contribution in [2.45, 2.75) is 26.4 Å². The Morgan fingerprint density at radius 3 is 2.79 bits per heavy atom. The van der Waals surface area contributed by atoms with Crippen LogP contribution in [0, 0.1) is 0 Å². The molecule has 0 bridgehead atoms. The number of aromatic nitrogens is 4. The van der Waals surface area contributed by atoms with Gasteiger partial charge >= 0.3 is 0 Å². The predicted octanol–water partition coefficient (Wildman–Crippen LogP) is 1.21. The first-order valence-corrected chi connectivity index (χ1v) is 7.96. The molecule has 8 heteroatoms. The van der Waals surface area contributed by atoms with E-state index in [0.717, 1.165) is 23.8 Å². The highest BCUT2D eigenvalue weighted by atomic mass is 16.5. The van der Waals surface area contributed by atoms with Crippen LogP contribution in [0.2, 0.25) is 0 Å². The summed E-state index contributed by atoms with van der Waals surface area (Å²) in [6.07, 6.45) is 4.33. The third-order valence-corrected chi connectivity index (χ3v) is 3.46. The van der Waals surface area contributed by atoms with Gasteiger partial charge in [0.15, 0.2) is 5.96 Å². The maximum absolute atomic E-state index is 5.49. The maximum atomic E-state index is 5.49. The summed E-state index contributed by atoms with van der Waals surface area (Å²) in [5.74, 6) is 2.31. The van der Waals surface area contributed by atoms with Gasteiger partial charge in [-0.3, -0.25) is 9.67 Å². The summed E-state index contributed by atoms with van der Waals surface area (Å²) >= 11 is 0. The Hall–Kier alpha value is -2.64. The standard InChI is InChI=1S/C16H25N7O/c1-5-8-24-15-7-6-13(9-18-15)10-19-16(17-2)22(3)11-14-20-12-21-23(14)4/h6-7,9,12H,5,8,10-11H2,1-4H3,(H,17,19). The van der Waals surface area contributed by atoms with E-state index in [1.54, 1.807) is 18.1 Å². The van der Waals surface area contributed by atoms with Crippen molar-refractivity contribution in [3.8, 4) is 5.88 Å². The molecule has 2 rings (SSSR count). The molecule has 0 amide bonds. The van der Waals surface area contributed by atoms with E-state index < -0.39 is 0 Å². The largest absolute Gasteiger partial charge is 0.478 e. The number of aliphatic imine (C=N–C) groups is 1. The topological polar surface area (TPSA) is 80.5 Å². The molecule has 0 aromatic carbocycles. The van der Waals surface area contributed by atoms with Crippen LogP contribution in [0.25, 0.3) is 0 Å². The summed E-state index contributed by atoms with van der Waals surface area (Å²) in [5, 5.41) is 7.39. The summed E-state index contributed by atoms with van der Waals surface area (Å²) in [5.41, 5.74) is 1.06. The number of pyridine rings is 1. The van der Waals surface area contributed by atoms with Crippen molar-refractivity contribution in [2.24, 2.45) is 12.0 Å². The minimum atomic E-state index is 0.623. The third-order valence-electron chi connectivity index (χ3n) is 3.46. The van der Waals surface area contributed by atoms with Crippen molar-refractivity contribution in [1.82, 2.24) is 30.0 Å². The second-order valence-corrected chi connectivity index (χ2v) is 5.41. The van der Waals surface area contributed by atoms with Crippen molar-refractivity contribution >= 4 is 5.96 Å². The highest BCUT2D eigenvalue weighted by Crippen LogP contribution is 2.08. The van der Waals surface area contributed by atoms with Gasteiger partial charge in [0.05, 0.1) is 13.2 Å². The number of aryl methyl sites for hydroxylation is 1. The molecule has 2 aromatic rings. The fourth-order valence-electron chi connectivity index (χ4n) is 2.12. The van der Waals surface area contributed by atoms with Gasteiger partial charge in [-0.05, 0) is 12.0 Å². The molecule has 0 unspecified atom stereocenters. The summed E-state index contributed by atoms with van der Waals surface area (Å²) < 4.78 is 7.24. The molecule has 0 radical (unpaired) electrons. The van der Waals surface area contributed by atoms with Crippen molar-refractivity contribution in [1.29, 1.82) is 0 Å². The summed E-state index contributed by atoms with van der Waals surface area (Å²) in [6, 6.07) is 3.89. The van der Waals surface area contributed by atoms with Gasteiger partial charge in [0, 0.05) is 40.0 Å². The van der Waals surface area contributed by atoms with E-state index in [9.17, 15) is 0 Å². The van der Waals surface area contributed by atoms with Crippen LogP contribution in [-0.4, -0.2) is 51.3 Å². The number of ether oxygens (including phenoxy) is 1. The van der Waals surface area contributed by atoms with Crippen molar-refractivity contribution in [3.63, 3.8) is 0 Å². The Bertz CT molecular complexity index is 651. The lowest BCUT2D eigenvalue weighted by molar-refractivity contribution is 0.305. The first-order valence-electron chi connectivity index (χ1n) is 7.96. The van der Waals surface area contributed by atoms with E-state index in [1.165, 1.54) is 0 Å². The lowest BCUT2D eigenvalue weighted by atomic mass is 10.3. The summed E-state index contributed by atoms with van der Waals surface area (Å²) in [7, 11) is 5.60. The average molecular weight is 331 g/mol. The second kappa shape index (κ2) is 8.85. The highest BCUT2D eigenvalue weighted by molar-refractivity contribution is 5.79. The first kappa shape index (κ1) is 17.7. The Balaban J connectivity index is 1.87. The number of hydrogen-bond acceptors (Lipinski definition) is 5. The van der Waals surface area contributed by atoms with E-state index in [4.69, 9.17) is 4.74 Å². The molecule has 2 heterocycles. The van der Waals surface area contributed by atoms with E-state index in [-0.39, 0.29) is 0 Å². The van der Waals surface area contributed by atoms with Gasteiger partial charge in [-0.25, -0.2) is 9.97 Å². The SMILES string of the molecule is CCCOc1ccc(CNC(=NC)N(C)Cc2ncnn2C)cn1. The molecule has 24 heavy (non-hydrogen) atoms. The molecular formula is C16H25N7O. The van der Waals surface area contributed by atoms with Gasteiger partial charge in [0.2, 0.25) is 5.88 Å². The molecular weight excluding hydrogens is 306 g/mol. The van der Waals surface area contributed by atoms with Crippen LogP contribution < -0.4 is 10.1 Å². The monoisotopic (exact) mass is 331 g/mol. The minimum absolute atomic E-state index is 0.623. The molecule has 0 aliphatic carbocycles. The quantitative estimate of drug-likeness (QED) is 0.607. The Morgan fingerprint density at radius 2 is 2.21 bits per heavy atom. The van der Waals surface area contributed by atoms with Crippen LogP contribution in [0.15, 0.2) is 29.6 Å². The molecule has 1 N–H and O–H groups in total. The van der Waals surface area contributed by atoms with Crippen molar-refractivity contribution < 1.29 is 4.74 Å². The fraction of sp³-hybridized carbons (Fsp3) is 0.500.